The number of anilines is 2. The molecule has 0 aromatic heterocycles. The van der Waals surface area contributed by atoms with Gasteiger partial charge in [-0.15, -0.1) is 0 Å². The zero-order chi connectivity index (χ0) is 17.7. The summed E-state index contributed by atoms with van der Waals surface area (Å²) in [5.41, 5.74) is 2.11. The van der Waals surface area contributed by atoms with Gasteiger partial charge in [0.1, 0.15) is 5.82 Å². The molecule has 0 unspecified atom stereocenters. The second-order valence-corrected chi connectivity index (χ2v) is 5.53. The Hall–Kier alpha value is -2.89. The topological polar surface area (TPSA) is 58.6 Å². The second kappa shape index (κ2) is 7.59. The van der Waals surface area contributed by atoms with Gasteiger partial charge in [0.25, 0.3) is 5.91 Å². The van der Waals surface area contributed by atoms with Gasteiger partial charge in [-0.3, -0.25) is 4.79 Å². The van der Waals surface area contributed by atoms with Gasteiger partial charge in [-0.25, -0.2) is 9.18 Å². The Balaban J connectivity index is 1.88. The van der Waals surface area contributed by atoms with Gasteiger partial charge in [-0.1, -0.05) is 6.07 Å². The fraction of sp³-hybridized carbons (Fsp3) is 0.222. The summed E-state index contributed by atoms with van der Waals surface area (Å²) in [7, 11) is 3.84. The van der Waals surface area contributed by atoms with Gasteiger partial charge < -0.3 is 15.0 Å². The summed E-state index contributed by atoms with van der Waals surface area (Å²) >= 11 is 0. The Kier molecular flexibility index (Phi) is 5.52. The minimum absolute atomic E-state index is 0.0706. The van der Waals surface area contributed by atoms with Crippen LogP contribution in [0.2, 0.25) is 0 Å². The molecular formula is C18H19FN2O3. The number of rotatable bonds is 5. The number of nitrogens with one attached hydrogen (secondary N) is 1. The van der Waals surface area contributed by atoms with Crippen molar-refractivity contribution in [3.8, 4) is 0 Å². The number of carbonyl (C=O) groups is 2. The Morgan fingerprint density at radius 3 is 2.38 bits per heavy atom. The van der Waals surface area contributed by atoms with E-state index in [2.05, 4.69) is 5.32 Å². The average molecular weight is 330 g/mol. The molecule has 0 spiro atoms. The van der Waals surface area contributed by atoms with Gasteiger partial charge in [0, 0.05) is 25.5 Å². The van der Waals surface area contributed by atoms with Crippen LogP contribution in [0.4, 0.5) is 15.8 Å². The number of esters is 1. The number of aryl methyl sites for hydroxylation is 1. The molecule has 0 aliphatic rings. The molecule has 0 saturated heterocycles. The number of benzene rings is 2. The lowest BCUT2D eigenvalue weighted by atomic mass is 10.1. The Morgan fingerprint density at radius 2 is 1.79 bits per heavy atom. The van der Waals surface area contributed by atoms with E-state index in [1.165, 1.54) is 12.1 Å². The summed E-state index contributed by atoms with van der Waals surface area (Å²) in [5.74, 6) is -1.70. The maximum Gasteiger partial charge on any atom is 0.338 e. The van der Waals surface area contributed by atoms with Crippen molar-refractivity contribution in [1.29, 1.82) is 0 Å². The molecular weight excluding hydrogens is 311 g/mol. The lowest BCUT2D eigenvalue weighted by Crippen LogP contribution is -2.21. The predicted octanol–water partition coefficient (Wildman–Crippen LogP) is 3.00. The van der Waals surface area contributed by atoms with E-state index in [-0.39, 0.29) is 5.56 Å². The van der Waals surface area contributed by atoms with E-state index < -0.39 is 24.3 Å². The fourth-order valence-corrected chi connectivity index (χ4v) is 1.97. The summed E-state index contributed by atoms with van der Waals surface area (Å²) < 4.78 is 18.3. The summed E-state index contributed by atoms with van der Waals surface area (Å²) in [4.78, 5) is 25.6. The summed E-state index contributed by atoms with van der Waals surface area (Å²) in [6.07, 6.45) is 0. The van der Waals surface area contributed by atoms with Gasteiger partial charge in [0.15, 0.2) is 6.61 Å². The lowest BCUT2D eigenvalue weighted by Gasteiger charge is -2.13. The number of amides is 1. The van der Waals surface area contributed by atoms with Crippen molar-refractivity contribution in [2.45, 2.75) is 6.92 Å². The fourth-order valence-electron chi connectivity index (χ4n) is 1.97. The monoisotopic (exact) mass is 330 g/mol. The third-order valence-electron chi connectivity index (χ3n) is 3.41. The Labute approximate surface area is 140 Å². The van der Waals surface area contributed by atoms with E-state index >= 15 is 0 Å². The van der Waals surface area contributed by atoms with Crippen molar-refractivity contribution >= 4 is 23.3 Å². The zero-order valence-corrected chi connectivity index (χ0v) is 13.8. The minimum atomic E-state index is -0.744. The molecule has 0 saturated carbocycles. The van der Waals surface area contributed by atoms with Crippen LogP contribution in [0.25, 0.3) is 0 Å². The van der Waals surface area contributed by atoms with E-state index in [1.54, 1.807) is 19.1 Å². The summed E-state index contributed by atoms with van der Waals surface area (Å²) in [5, 5.41) is 2.63. The van der Waals surface area contributed by atoms with E-state index in [4.69, 9.17) is 4.74 Å². The smallest absolute Gasteiger partial charge is 0.338 e. The molecule has 0 aliphatic carbocycles. The molecule has 5 nitrogen and oxygen atoms in total. The standard InChI is InChI=1S/C18H19FN2O3/c1-12-4-5-13(10-16(12)19)18(23)24-11-17(22)20-14-6-8-15(9-7-14)21(2)3/h4-10H,11H2,1-3H3,(H,20,22). The maximum absolute atomic E-state index is 13.4. The molecule has 2 rings (SSSR count). The van der Waals surface area contributed by atoms with E-state index in [1.807, 2.05) is 31.1 Å². The predicted molar refractivity (Wildman–Crippen MR) is 90.8 cm³/mol. The number of nitrogens with zero attached hydrogens (tertiary/aromatic N) is 1. The van der Waals surface area contributed by atoms with Gasteiger partial charge in [-0.05, 0) is 48.9 Å². The number of carbonyl (C=O) groups excluding carboxylic acids is 2. The summed E-state index contributed by atoms with van der Waals surface area (Å²) in [6.45, 7) is 1.16. The molecule has 0 bridgehead atoms. The normalized spacial score (nSPS) is 10.2. The molecule has 0 heterocycles. The molecule has 126 valence electrons. The minimum Gasteiger partial charge on any atom is -0.452 e. The summed E-state index contributed by atoms with van der Waals surface area (Å²) in [6, 6.07) is 11.3. The van der Waals surface area contributed by atoms with Gasteiger partial charge in [-0.2, -0.15) is 0 Å². The van der Waals surface area contributed by atoms with E-state index in [0.29, 0.717) is 11.3 Å². The Morgan fingerprint density at radius 1 is 1.12 bits per heavy atom. The Bertz CT molecular complexity index is 742. The van der Waals surface area contributed by atoms with Gasteiger partial charge in [0.2, 0.25) is 0 Å². The third kappa shape index (κ3) is 4.55. The number of hydrogen-bond acceptors (Lipinski definition) is 4. The van der Waals surface area contributed by atoms with Crippen molar-refractivity contribution in [1.82, 2.24) is 0 Å². The van der Waals surface area contributed by atoms with Crippen molar-refractivity contribution < 1.29 is 18.7 Å². The van der Waals surface area contributed by atoms with E-state index in [9.17, 15) is 14.0 Å². The van der Waals surface area contributed by atoms with Crippen LogP contribution in [0.1, 0.15) is 15.9 Å². The highest BCUT2D eigenvalue weighted by atomic mass is 19.1. The van der Waals surface area contributed by atoms with Crippen LogP contribution in [-0.4, -0.2) is 32.6 Å². The van der Waals surface area contributed by atoms with E-state index in [0.717, 1.165) is 11.8 Å². The highest BCUT2D eigenvalue weighted by molar-refractivity contribution is 5.95. The van der Waals surface area contributed by atoms with Crippen LogP contribution in [0, 0.1) is 12.7 Å². The van der Waals surface area contributed by atoms with Gasteiger partial charge >= 0.3 is 5.97 Å². The first-order chi connectivity index (χ1) is 11.4. The molecule has 1 N–H and O–H groups in total. The molecule has 0 radical (unpaired) electrons. The first kappa shape index (κ1) is 17.5. The molecule has 2 aromatic carbocycles. The zero-order valence-electron chi connectivity index (χ0n) is 13.8. The molecule has 2 aromatic rings. The first-order valence-corrected chi connectivity index (χ1v) is 7.37. The van der Waals surface area contributed by atoms with Gasteiger partial charge in [0.05, 0.1) is 5.56 Å². The third-order valence-corrected chi connectivity index (χ3v) is 3.41. The number of halogens is 1. The van der Waals surface area contributed by atoms with Crippen LogP contribution in [0.3, 0.4) is 0 Å². The first-order valence-electron chi connectivity index (χ1n) is 7.37. The van der Waals surface area contributed by atoms with Crippen molar-refractivity contribution in [2.75, 3.05) is 30.9 Å². The van der Waals surface area contributed by atoms with Crippen LogP contribution >= 0.6 is 0 Å². The van der Waals surface area contributed by atoms with Crippen molar-refractivity contribution in [3.63, 3.8) is 0 Å². The SMILES string of the molecule is Cc1ccc(C(=O)OCC(=O)Nc2ccc(N(C)C)cc2)cc1F. The molecule has 0 atom stereocenters. The molecule has 1 amide bonds. The quantitative estimate of drug-likeness (QED) is 0.856. The van der Waals surface area contributed by atoms with Crippen LogP contribution in [0.15, 0.2) is 42.5 Å². The second-order valence-electron chi connectivity index (χ2n) is 5.53. The lowest BCUT2D eigenvalue weighted by molar-refractivity contribution is -0.119. The average Bonchev–Trinajstić information content (AvgIpc) is 2.55. The molecule has 0 fully saturated rings. The molecule has 24 heavy (non-hydrogen) atoms. The highest BCUT2D eigenvalue weighted by Crippen LogP contribution is 2.15. The highest BCUT2D eigenvalue weighted by Gasteiger charge is 2.12. The number of ether oxygens (including phenoxy) is 1. The van der Waals surface area contributed by atoms with Crippen molar-refractivity contribution in [2.24, 2.45) is 0 Å². The largest absolute Gasteiger partial charge is 0.452 e. The molecule has 6 heteroatoms. The van der Waals surface area contributed by atoms with Crippen LogP contribution < -0.4 is 10.2 Å². The van der Waals surface area contributed by atoms with Crippen LogP contribution in [0.5, 0.6) is 0 Å². The molecule has 0 aliphatic heterocycles. The maximum atomic E-state index is 13.4. The van der Waals surface area contributed by atoms with Crippen LogP contribution in [-0.2, 0) is 9.53 Å². The van der Waals surface area contributed by atoms with Crippen molar-refractivity contribution in [3.05, 3.63) is 59.4 Å². The number of hydrogen-bond donors (Lipinski definition) is 1.